The maximum Gasteiger partial charge on any atom is 0.573 e. The highest BCUT2D eigenvalue weighted by Gasteiger charge is 2.34. The van der Waals surface area contributed by atoms with E-state index in [1.807, 2.05) is 6.92 Å². The van der Waals surface area contributed by atoms with Gasteiger partial charge >= 0.3 is 12.3 Å². The third-order valence-corrected chi connectivity index (χ3v) is 6.31. The summed E-state index contributed by atoms with van der Waals surface area (Å²) in [4.78, 5) is 12.5. The highest BCUT2D eigenvalue weighted by atomic mass is 19.4. The molecule has 0 heterocycles. The van der Waals surface area contributed by atoms with E-state index in [2.05, 4.69) is 4.74 Å². The second kappa shape index (κ2) is 13.3. The van der Waals surface area contributed by atoms with Gasteiger partial charge in [-0.1, -0.05) is 37.6 Å². The van der Waals surface area contributed by atoms with Gasteiger partial charge in [-0.2, -0.15) is 0 Å². The lowest BCUT2D eigenvalue weighted by Crippen LogP contribution is -2.19. The summed E-state index contributed by atoms with van der Waals surface area (Å²) in [5.74, 6) is -10.6. The van der Waals surface area contributed by atoms with Crippen molar-refractivity contribution < 1.29 is 53.8 Å². The molecular weight excluding hydrogens is 603 g/mol. The first-order valence-corrected chi connectivity index (χ1v) is 13.0. The normalized spacial score (nSPS) is 12.1. The number of rotatable bonds is 9. The van der Waals surface area contributed by atoms with Gasteiger partial charge < -0.3 is 9.47 Å². The van der Waals surface area contributed by atoms with E-state index in [9.17, 15) is 44.3 Å². The Balaban J connectivity index is 1.49. The standard InChI is InChI=1S/C32H21F9O3/c1-2-3-4-23(33)29(38)18-5-7-19(8-6-18)31(42)43-22-11-9-17(10-12-22)20-13-24(34)28(25(35)14-20)21-15-26(36)30(27(37)16-21)44-32(39,40)41/h5-16H,2-4H2,1H3/b29-23+. The molecule has 230 valence electrons. The van der Waals surface area contributed by atoms with Crippen LogP contribution in [0.4, 0.5) is 39.5 Å². The van der Waals surface area contributed by atoms with Crippen LogP contribution >= 0.6 is 0 Å². The molecule has 0 amide bonds. The molecule has 0 unspecified atom stereocenters. The molecule has 0 aromatic heterocycles. The maximum absolute atomic E-state index is 14.9. The number of halogens is 9. The summed E-state index contributed by atoms with van der Waals surface area (Å²) < 4.78 is 132. The average Bonchev–Trinajstić information content (AvgIpc) is 2.97. The van der Waals surface area contributed by atoms with Crippen LogP contribution in [0.15, 0.2) is 78.6 Å². The Morgan fingerprint density at radius 1 is 0.705 bits per heavy atom. The van der Waals surface area contributed by atoms with Gasteiger partial charge in [0.25, 0.3) is 0 Å². The first kappa shape index (κ1) is 32.2. The summed E-state index contributed by atoms with van der Waals surface area (Å²) >= 11 is 0. The lowest BCUT2D eigenvalue weighted by Gasteiger charge is -2.13. The molecule has 44 heavy (non-hydrogen) atoms. The first-order valence-electron chi connectivity index (χ1n) is 13.0. The smallest absolute Gasteiger partial charge is 0.423 e. The number of benzene rings is 4. The number of ether oxygens (including phenoxy) is 2. The topological polar surface area (TPSA) is 35.5 Å². The van der Waals surface area contributed by atoms with Gasteiger partial charge in [-0.25, -0.2) is 31.1 Å². The number of carbonyl (C=O) groups is 1. The zero-order valence-corrected chi connectivity index (χ0v) is 22.7. The van der Waals surface area contributed by atoms with Crippen LogP contribution in [0.5, 0.6) is 11.5 Å². The third kappa shape index (κ3) is 7.61. The molecule has 4 rings (SSSR count). The lowest BCUT2D eigenvalue weighted by atomic mass is 9.98. The minimum Gasteiger partial charge on any atom is -0.423 e. The minimum atomic E-state index is -5.39. The largest absolute Gasteiger partial charge is 0.573 e. The Hall–Kier alpha value is -4.74. The van der Waals surface area contributed by atoms with Crippen molar-refractivity contribution in [3.8, 4) is 33.8 Å². The predicted octanol–water partition coefficient (Wildman–Crippen LogP) is 10.5. The van der Waals surface area contributed by atoms with Gasteiger partial charge in [-0.3, -0.25) is 0 Å². The molecule has 4 aromatic rings. The molecule has 0 aliphatic heterocycles. The van der Waals surface area contributed by atoms with Crippen molar-refractivity contribution >= 4 is 11.8 Å². The number of esters is 1. The van der Waals surface area contributed by atoms with Gasteiger partial charge in [0.15, 0.2) is 17.5 Å². The average molecular weight is 624 g/mol. The molecular formula is C32H21F9O3. The molecule has 0 saturated carbocycles. The molecule has 0 atom stereocenters. The van der Waals surface area contributed by atoms with Crippen LogP contribution < -0.4 is 9.47 Å². The van der Waals surface area contributed by atoms with Crippen LogP contribution in [0, 0.1) is 23.3 Å². The molecule has 0 aliphatic carbocycles. The van der Waals surface area contributed by atoms with Gasteiger partial charge in [0.1, 0.15) is 23.2 Å². The Bertz CT molecular complexity index is 1650. The number of allylic oxidation sites excluding steroid dienone is 1. The summed E-state index contributed by atoms with van der Waals surface area (Å²) in [7, 11) is 0. The van der Waals surface area contributed by atoms with Crippen molar-refractivity contribution in [2.24, 2.45) is 0 Å². The molecule has 0 bridgehead atoms. The SMILES string of the molecule is CCCC/C(F)=C(\F)c1ccc(C(=O)Oc2ccc(-c3cc(F)c(-c4cc(F)c(OC(F)(F)F)c(F)c4)c(F)c3)cc2)cc1. The maximum atomic E-state index is 14.9. The van der Waals surface area contributed by atoms with Crippen molar-refractivity contribution in [3.63, 3.8) is 0 Å². The van der Waals surface area contributed by atoms with Crippen LogP contribution in [-0.4, -0.2) is 12.3 Å². The Labute approximate surface area is 245 Å². The zero-order chi connectivity index (χ0) is 32.2. The molecule has 3 nitrogen and oxygen atoms in total. The summed E-state index contributed by atoms with van der Waals surface area (Å²) in [6.45, 7) is 1.85. The van der Waals surface area contributed by atoms with E-state index in [4.69, 9.17) is 4.74 Å². The predicted molar refractivity (Wildman–Crippen MR) is 144 cm³/mol. The Morgan fingerprint density at radius 3 is 1.75 bits per heavy atom. The molecule has 0 aliphatic rings. The lowest BCUT2D eigenvalue weighted by molar-refractivity contribution is -0.276. The monoisotopic (exact) mass is 624 g/mol. The van der Waals surface area contributed by atoms with Gasteiger partial charge in [0.2, 0.25) is 5.75 Å². The number of hydrogen-bond donors (Lipinski definition) is 0. The van der Waals surface area contributed by atoms with Crippen molar-refractivity contribution in [3.05, 3.63) is 113 Å². The van der Waals surface area contributed by atoms with E-state index < -0.39 is 64.1 Å². The fourth-order valence-electron chi connectivity index (χ4n) is 4.17. The molecule has 0 N–H and O–H groups in total. The quantitative estimate of drug-likeness (QED) is 0.106. The number of alkyl halides is 3. The summed E-state index contributed by atoms with van der Waals surface area (Å²) in [6, 6.07) is 12.7. The second-order valence-electron chi connectivity index (χ2n) is 9.45. The molecule has 12 heteroatoms. The van der Waals surface area contributed by atoms with Crippen LogP contribution in [0.1, 0.15) is 42.1 Å². The van der Waals surface area contributed by atoms with Gasteiger partial charge in [-0.05, 0) is 71.6 Å². The van der Waals surface area contributed by atoms with Gasteiger partial charge in [-0.15, -0.1) is 13.2 Å². The van der Waals surface area contributed by atoms with E-state index in [-0.39, 0.29) is 34.4 Å². The first-order chi connectivity index (χ1) is 20.8. The fourth-order valence-corrected chi connectivity index (χ4v) is 4.17. The van der Waals surface area contributed by atoms with Gasteiger partial charge in [0, 0.05) is 12.0 Å². The van der Waals surface area contributed by atoms with Crippen LogP contribution in [0.3, 0.4) is 0 Å². The fraction of sp³-hybridized carbons (Fsp3) is 0.156. The summed E-state index contributed by atoms with van der Waals surface area (Å²) in [5.41, 5.74) is -1.35. The highest BCUT2D eigenvalue weighted by Crippen LogP contribution is 2.36. The van der Waals surface area contributed by atoms with E-state index in [0.29, 0.717) is 25.0 Å². The third-order valence-electron chi connectivity index (χ3n) is 6.31. The van der Waals surface area contributed by atoms with E-state index >= 15 is 0 Å². The highest BCUT2D eigenvalue weighted by molar-refractivity contribution is 5.91. The molecule has 0 saturated heterocycles. The van der Waals surface area contributed by atoms with E-state index in [1.54, 1.807) is 0 Å². The minimum absolute atomic E-state index is 0.0172. The molecule has 0 fully saturated rings. The second-order valence-corrected chi connectivity index (χ2v) is 9.45. The Morgan fingerprint density at radius 2 is 1.23 bits per heavy atom. The molecule has 0 spiro atoms. The summed E-state index contributed by atoms with van der Waals surface area (Å²) in [6.07, 6.45) is -4.25. The van der Waals surface area contributed by atoms with Crippen molar-refractivity contribution in [1.29, 1.82) is 0 Å². The van der Waals surface area contributed by atoms with Crippen molar-refractivity contribution in [2.45, 2.75) is 32.5 Å². The molecule has 4 aromatic carbocycles. The molecule has 0 radical (unpaired) electrons. The number of unbranched alkanes of at least 4 members (excludes halogenated alkanes) is 1. The van der Waals surface area contributed by atoms with Crippen LogP contribution in [0.25, 0.3) is 28.1 Å². The van der Waals surface area contributed by atoms with Crippen molar-refractivity contribution in [2.75, 3.05) is 0 Å². The van der Waals surface area contributed by atoms with Gasteiger partial charge in [0.05, 0.1) is 11.1 Å². The van der Waals surface area contributed by atoms with Crippen molar-refractivity contribution in [1.82, 2.24) is 0 Å². The zero-order valence-electron chi connectivity index (χ0n) is 22.7. The Kier molecular flexibility index (Phi) is 9.71. The van der Waals surface area contributed by atoms with Crippen LogP contribution in [-0.2, 0) is 0 Å². The van der Waals surface area contributed by atoms with Crippen LogP contribution in [0.2, 0.25) is 0 Å². The number of carbonyl (C=O) groups excluding carboxylic acids is 1. The van der Waals surface area contributed by atoms with E-state index in [1.165, 1.54) is 48.5 Å². The number of hydrogen-bond acceptors (Lipinski definition) is 3. The van der Waals surface area contributed by atoms with E-state index in [0.717, 1.165) is 12.1 Å². The summed E-state index contributed by atoms with van der Waals surface area (Å²) in [5, 5.41) is 0.